The zero-order valence-corrected chi connectivity index (χ0v) is 20.1. The maximum atomic E-state index is 13.0. The zero-order valence-electron chi connectivity index (χ0n) is 19.3. The molecule has 0 aliphatic carbocycles. The quantitative estimate of drug-likeness (QED) is 0.200. The van der Waals surface area contributed by atoms with Gasteiger partial charge in [-0.25, -0.2) is 5.43 Å². The molecule has 0 bridgehead atoms. The van der Waals surface area contributed by atoms with Crippen LogP contribution in [0.25, 0.3) is 17.4 Å². The van der Waals surface area contributed by atoms with Gasteiger partial charge in [0.1, 0.15) is 17.2 Å². The third-order valence-corrected chi connectivity index (χ3v) is 5.60. The molecule has 184 valence electrons. The van der Waals surface area contributed by atoms with Crippen LogP contribution in [0.15, 0.2) is 100 Å². The molecule has 0 unspecified atom stereocenters. The maximum absolute atomic E-state index is 13.0. The van der Waals surface area contributed by atoms with Crippen molar-refractivity contribution in [3.05, 3.63) is 113 Å². The zero-order chi connectivity index (χ0) is 25.6. The summed E-state index contributed by atoms with van der Waals surface area (Å²) in [6.45, 7) is 0.127. The van der Waals surface area contributed by atoms with Gasteiger partial charge in [0.2, 0.25) is 6.79 Å². The molecule has 0 spiro atoms. The second-order valence-corrected chi connectivity index (χ2v) is 8.34. The Kier molecular flexibility index (Phi) is 7.00. The van der Waals surface area contributed by atoms with Crippen LogP contribution in [-0.4, -0.2) is 24.8 Å². The lowest BCUT2D eigenvalue weighted by atomic mass is 10.1. The van der Waals surface area contributed by atoms with Crippen molar-refractivity contribution >= 4 is 35.7 Å². The molecule has 0 fully saturated rings. The standard InChI is InChI=1S/C28H20ClN3O5/c29-21-9-7-19(8-10-21)24-13-11-22(37-24)16-30-32-28(34)23(31-27(33)20-4-2-1-3-5-20)14-18-6-12-25-26(15-18)36-17-35-25/h1-16H,17H2,(H,31,33)(H,32,34). The Morgan fingerprint density at radius 1 is 0.892 bits per heavy atom. The number of benzene rings is 3. The summed E-state index contributed by atoms with van der Waals surface area (Å²) in [5.41, 5.74) is 4.31. The van der Waals surface area contributed by atoms with E-state index in [9.17, 15) is 9.59 Å². The Morgan fingerprint density at radius 2 is 1.68 bits per heavy atom. The van der Waals surface area contributed by atoms with Crippen molar-refractivity contribution in [3.63, 3.8) is 0 Å². The molecule has 1 aromatic heterocycles. The normalized spacial score (nSPS) is 12.5. The Bertz CT molecular complexity index is 1490. The van der Waals surface area contributed by atoms with Crippen LogP contribution in [0.2, 0.25) is 5.02 Å². The number of nitrogens with zero attached hydrogens (tertiary/aromatic N) is 1. The number of carbonyl (C=O) groups is 2. The van der Waals surface area contributed by atoms with Crippen molar-refractivity contribution in [1.82, 2.24) is 10.7 Å². The van der Waals surface area contributed by atoms with Crippen molar-refractivity contribution in [2.24, 2.45) is 5.10 Å². The van der Waals surface area contributed by atoms with Gasteiger partial charge in [0.05, 0.1) is 6.21 Å². The fourth-order valence-corrected chi connectivity index (χ4v) is 3.64. The molecule has 4 aromatic rings. The van der Waals surface area contributed by atoms with Crippen LogP contribution in [0.3, 0.4) is 0 Å². The van der Waals surface area contributed by atoms with E-state index in [0.29, 0.717) is 39.2 Å². The molecule has 37 heavy (non-hydrogen) atoms. The minimum absolute atomic E-state index is 0.00818. The summed E-state index contributed by atoms with van der Waals surface area (Å²) in [6.07, 6.45) is 2.90. The molecular weight excluding hydrogens is 494 g/mol. The van der Waals surface area contributed by atoms with Gasteiger partial charge in [0, 0.05) is 16.1 Å². The van der Waals surface area contributed by atoms with Crippen molar-refractivity contribution in [2.45, 2.75) is 0 Å². The lowest BCUT2D eigenvalue weighted by Crippen LogP contribution is -2.32. The van der Waals surface area contributed by atoms with Gasteiger partial charge in [-0.1, -0.05) is 35.9 Å². The molecule has 5 rings (SSSR count). The van der Waals surface area contributed by atoms with E-state index in [-0.39, 0.29) is 12.5 Å². The predicted molar refractivity (Wildman–Crippen MR) is 139 cm³/mol. The van der Waals surface area contributed by atoms with Crippen molar-refractivity contribution in [1.29, 1.82) is 0 Å². The summed E-state index contributed by atoms with van der Waals surface area (Å²) in [6, 6.07) is 24.5. The number of furan rings is 1. The van der Waals surface area contributed by atoms with Crippen molar-refractivity contribution < 1.29 is 23.5 Å². The van der Waals surface area contributed by atoms with E-state index in [1.807, 2.05) is 12.1 Å². The van der Waals surface area contributed by atoms with E-state index >= 15 is 0 Å². The van der Waals surface area contributed by atoms with E-state index in [4.69, 9.17) is 25.5 Å². The van der Waals surface area contributed by atoms with Crippen LogP contribution in [0, 0.1) is 0 Å². The fourth-order valence-electron chi connectivity index (χ4n) is 3.52. The molecule has 2 heterocycles. The summed E-state index contributed by atoms with van der Waals surface area (Å²) in [5, 5.41) is 7.27. The largest absolute Gasteiger partial charge is 0.455 e. The van der Waals surface area contributed by atoms with Gasteiger partial charge >= 0.3 is 0 Å². The molecule has 0 saturated heterocycles. The van der Waals surface area contributed by atoms with Gasteiger partial charge in [-0.05, 0) is 72.3 Å². The van der Waals surface area contributed by atoms with Crippen LogP contribution < -0.4 is 20.2 Å². The highest BCUT2D eigenvalue weighted by atomic mass is 35.5. The average Bonchev–Trinajstić information content (AvgIpc) is 3.59. The summed E-state index contributed by atoms with van der Waals surface area (Å²) in [4.78, 5) is 25.7. The monoisotopic (exact) mass is 513 g/mol. The first-order valence-corrected chi connectivity index (χ1v) is 11.6. The number of rotatable bonds is 7. The first-order chi connectivity index (χ1) is 18.0. The summed E-state index contributed by atoms with van der Waals surface area (Å²) < 4.78 is 16.5. The van der Waals surface area contributed by atoms with Crippen LogP contribution in [0.5, 0.6) is 11.5 Å². The van der Waals surface area contributed by atoms with Crippen LogP contribution in [-0.2, 0) is 4.79 Å². The van der Waals surface area contributed by atoms with Crippen molar-refractivity contribution in [3.8, 4) is 22.8 Å². The van der Waals surface area contributed by atoms with Gasteiger partial charge in [-0.15, -0.1) is 0 Å². The number of halogens is 1. The molecule has 2 amide bonds. The second-order valence-electron chi connectivity index (χ2n) is 7.90. The molecular formula is C28H20ClN3O5. The first kappa shape index (κ1) is 23.9. The molecule has 1 aliphatic rings. The number of carbonyl (C=O) groups excluding carboxylic acids is 2. The van der Waals surface area contributed by atoms with Gasteiger partial charge in [-0.2, -0.15) is 5.10 Å². The summed E-state index contributed by atoms with van der Waals surface area (Å²) >= 11 is 5.94. The SMILES string of the molecule is O=C(NN=Cc1ccc(-c2ccc(Cl)cc2)o1)C(=Cc1ccc2c(c1)OCO2)NC(=O)c1ccccc1. The van der Waals surface area contributed by atoms with Crippen LogP contribution in [0.4, 0.5) is 0 Å². The first-order valence-electron chi connectivity index (χ1n) is 11.2. The van der Waals surface area contributed by atoms with Gasteiger partial charge < -0.3 is 19.2 Å². The minimum atomic E-state index is -0.623. The lowest BCUT2D eigenvalue weighted by molar-refractivity contribution is -0.117. The van der Waals surface area contributed by atoms with Gasteiger partial charge in [0.25, 0.3) is 11.8 Å². The highest BCUT2D eigenvalue weighted by molar-refractivity contribution is 6.30. The second kappa shape index (κ2) is 10.8. The van der Waals surface area contributed by atoms with Crippen molar-refractivity contribution in [2.75, 3.05) is 6.79 Å². The fraction of sp³-hybridized carbons (Fsp3) is 0.0357. The molecule has 3 aromatic carbocycles. The molecule has 0 radical (unpaired) electrons. The minimum Gasteiger partial charge on any atom is -0.455 e. The third-order valence-electron chi connectivity index (χ3n) is 5.35. The van der Waals surface area contributed by atoms with Gasteiger partial charge in [0.15, 0.2) is 11.5 Å². The Hall–Kier alpha value is -4.82. The molecule has 9 heteroatoms. The van der Waals surface area contributed by atoms with E-state index in [1.165, 1.54) is 12.3 Å². The molecule has 8 nitrogen and oxygen atoms in total. The number of hydrogen-bond acceptors (Lipinski definition) is 6. The number of hydrogen-bond donors (Lipinski definition) is 2. The summed E-state index contributed by atoms with van der Waals surface area (Å²) in [5.74, 6) is 1.16. The van der Waals surface area contributed by atoms with Crippen LogP contribution >= 0.6 is 11.6 Å². The average molecular weight is 514 g/mol. The molecule has 2 N–H and O–H groups in total. The Labute approximate surface area is 217 Å². The predicted octanol–water partition coefficient (Wildman–Crippen LogP) is 5.25. The van der Waals surface area contributed by atoms with Gasteiger partial charge in [-0.3, -0.25) is 9.59 Å². The highest BCUT2D eigenvalue weighted by Gasteiger charge is 2.17. The number of hydrazone groups is 1. The number of fused-ring (bicyclic) bond motifs is 1. The number of ether oxygens (including phenoxy) is 2. The summed E-state index contributed by atoms with van der Waals surface area (Å²) in [7, 11) is 0. The number of nitrogens with one attached hydrogen (secondary N) is 2. The van der Waals surface area contributed by atoms with E-state index < -0.39 is 11.8 Å². The topological polar surface area (TPSA) is 102 Å². The Balaban J connectivity index is 1.33. The maximum Gasteiger partial charge on any atom is 0.287 e. The Morgan fingerprint density at radius 3 is 2.49 bits per heavy atom. The smallest absolute Gasteiger partial charge is 0.287 e. The highest BCUT2D eigenvalue weighted by Crippen LogP contribution is 2.33. The molecule has 0 saturated carbocycles. The number of amides is 2. The van der Waals surface area contributed by atoms with Crippen LogP contribution in [0.1, 0.15) is 21.7 Å². The van der Waals surface area contributed by atoms with E-state index in [2.05, 4.69) is 15.8 Å². The molecule has 0 atom stereocenters. The van der Waals surface area contributed by atoms with E-state index in [1.54, 1.807) is 72.8 Å². The third kappa shape index (κ3) is 5.88. The molecule has 1 aliphatic heterocycles. The van der Waals surface area contributed by atoms with E-state index in [0.717, 1.165) is 5.56 Å². The lowest BCUT2D eigenvalue weighted by Gasteiger charge is -2.09.